The van der Waals surface area contributed by atoms with Crippen LogP contribution in [0.5, 0.6) is 5.75 Å². The summed E-state index contributed by atoms with van der Waals surface area (Å²) in [7, 11) is 0. The fraction of sp³-hybridized carbons (Fsp3) is 0.469. The van der Waals surface area contributed by atoms with Crippen molar-refractivity contribution in [1.82, 2.24) is 20.0 Å². The van der Waals surface area contributed by atoms with Crippen LogP contribution in [0.25, 0.3) is 4.85 Å². The van der Waals surface area contributed by atoms with E-state index in [9.17, 15) is 24.0 Å². The van der Waals surface area contributed by atoms with Crippen molar-refractivity contribution in [3.05, 3.63) is 98.9 Å². The lowest BCUT2D eigenvalue weighted by Crippen LogP contribution is -2.74. The molecule has 318 valence electrons. The van der Waals surface area contributed by atoms with Crippen LogP contribution < -0.4 is 15.0 Å². The van der Waals surface area contributed by atoms with Crippen LogP contribution >= 0.6 is 11.6 Å². The van der Waals surface area contributed by atoms with Crippen molar-refractivity contribution >= 4 is 52.5 Å². The zero-order valence-corrected chi connectivity index (χ0v) is 36.2. The molecular formula is C49H49ClN6O6. The number of nitrogens with zero attached hydrogens (tertiary/aromatic N) is 5. The molecule has 0 bridgehead atoms. The first-order chi connectivity index (χ1) is 29.6. The van der Waals surface area contributed by atoms with Crippen molar-refractivity contribution in [3.63, 3.8) is 0 Å². The molecule has 5 heterocycles. The van der Waals surface area contributed by atoms with Gasteiger partial charge in [0.1, 0.15) is 17.9 Å². The lowest BCUT2D eigenvalue weighted by Gasteiger charge is -2.65. The van der Waals surface area contributed by atoms with Crippen molar-refractivity contribution in [2.24, 2.45) is 22.2 Å². The average molecular weight is 853 g/mol. The van der Waals surface area contributed by atoms with E-state index in [1.807, 2.05) is 23.1 Å². The molecule has 3 saturated heterocycles. The second kappa shape index (κ2) is 14.4. The fourth-order valence-corrected chi connectivity index (χ4v) is 12.5. The number of benzene rings is 3. The maximum atomic E-state index is 14.0. The smallest absolute Gasteiger partial charge is 0.262 e. The molecule has 62 heavy (non-hydrogen) atoms. The Hall–Kier alpha value is -5.69. The van der Waals surface area contributed by atoms with Crippen LogP contribution in [-0.2, 0) is 16.1 Å². The second-order valence-electron chi connectivity index (χ2n) is 19.7. The van der Waals surface area contributed by atoms with Gasteiger partial charge in [-0.1, -0.05) is 63.3 Å². The van der Waals surface area contributed by atoms with E-state index in [-0.39, 0.29) is 53.0 Å². The third kappa shape index (κ3) is 6.40. The van der Waals surface area contributed by atoms with Gasteiger partial charge in [-0.15, -0.1) is 0 Å². The molecule has 1 atom stereocenters. The molecule has 5 amide bonds. The Labute approximate surface area is 366 Å². The molecule has 0 radical (unpaired) electrons. The van der Waals surface area contributed by atoms with E-state index in [1.54, 1.807) is 30.3 Å². The highest BCUT2D eigenvalue weighted by Crippen LogP contribution is 2.59. The Bertz CT molecular complexity index is 2570. The molecule has 1 N–H and O–H groups in total. The molecule has 0 aromatic heterocycles. The molecule has 1 unspecified atom stereocenters. The van der Waals surface area contributed by atoms with Gasteiger partial charge >= 0.3 is 0 Å². The Kier molecular flexibility index (Phi) is 9.40. The number of amides is 5. The van der Waals surface area contributed by atoms with Gasteiger partial charge in [-0.2, -0.15) is 0 Å². The van der Waals surface area contributed by atoms with Gasteiger partial charge in [-0.25, -0.2) is 4.85 Å². The van der Waals surface area contributed by atoms with E-state index < -0.39 is 23.8 Å². The average Bonchev–Trinajstić information content (AvgIpc) is 3.65. The summed E-state index contributed by atoms with van der Waals surface area (Å²) < 4.78 is 6.49. The van der Waals surface area contributed by atoms with Crippen molar-refractivity contribution in [2.45, 2.75) is 97.0 Å². The summed E-state index contributed by atoms with van der Waals surface area (Å²) in [6.45, 7) is 20.3. The number of ether oxygens (including phenoxy) is 1. The number of anilines is 1. The molecule has 13 heteroatoms. The number of halogens is 1. The third-order valence-electron chi connectivity index (χ3n) is 15.0. The lowest BCUT2D eigenvalue weighted by molar-refractivity contribution is -0.199. The predicted octanol–water partition coefficient (Wildman–Crippen LogP) is 6.86. The zero-order chi connectivity index (χ0) is 43.5. The van der Waals surface area contributed by atoms with Gasteiger partial charge in [0.2, 0.25) is 17.5 Å². The van der Waals surface area contributed by atoms with E-state index >= 15 is 0 Å². The minimum absolute atomic E-state index is 0.0381. The Morgan fingerprint density at radius 2 is 1.56 bits per heavy atom. The standard InChI is InChI=1S/C49H49ClN6O6/c1-47(2)45(48(3,4)46(47)62-33-11-13-38(51-5)37(50)22-33)55-25-30-9-8-29(20-35(30)42(55)59)7-6-28-16-18-53(19-17-28)32-23-49(24-32)26-54(27-49)31-10-12-34-36(21-31)44(61)56(43(34)60)39-14-15-40(57)52-41(39)58/h8-13,20-22,28,32,39,45-46H,14-19,23-27H2,1-4H3,(H,52,57,58). The first-order valence-electron chi connectivity index (χ1n) is 21.7. The zero-order valence-electron chi connectivity index (χ0n) is 35.4. The molecule has 3 aromatic rings. The monoisotopic (exact) mass is 852 g/mol. The molecule has 5 aliphatic heterocycles. The molecule has 2 aliphatic carbocycles. The minimum atomic E-state index is -0.968. The van der Waals surface area contributed by atoms with Crippen LogP contribution in [0.3, 0.4) is 0 Å². The minimum Gasteiger partial charge on any atom is -0.489 e. The maximum absolute atomic E-state index is 14.0. The van der Waals surface area contributed by atoms with Gasteiger partial charge in [0, 0.05) is 77.1 Å². The number of carbonyl (C=O) groups excluding carboxylic acids is 5. The molecule has 7 aliphatic rings. The van der Waals surface area contributed by atoms with Crippen molar-refractivity contribution in [3.8, 4) is 17.6 Å². The number of imide groups is 2. The molecule has 2 saturated carbocycles. The van der Waals surface area contributed by atoms with Gasteiger partial charge in [-0.05, 0) is 93.2 Å². The van der Waals surface area contributed by atoms with Crippen LogP contribution in [0.1, 0.15) is 108 Å². The van der Waals surface area contributed by atoms with Crippen molar-refractivity contribution < 1.29 is 28.7 Å². The number of rotatable bonds is 6. The highest BCUT2D eigenvalue weighted by atomic mass is 35.5. The topological polar surface area (TPSA) is 124 Å². The van der Waals surface area contributed by atoms with Crippen LogP contribution in [0, 0.1) is 40.6 Å². The number of carbonyl (C=O) groups is 5. The molecule has 12 nitrogen and oxygen atoms in total. The van der Waals surface area contributed by atoms with E-state index in [1.165, 1.54) is 0 Å². The van der Waals surface area contributed by atoms with E-state index in [4.69, 9.17) is 22.9 Å². The maximum Gasteiger partial charge on any atom is 0.262 e. The number of likely N-dealkylation sites (tertiary alicyclic amines) is 1. The van der Waals surface area contributed by atoms with Gasteiger partial charge in [0.15, 0.2) is 0 Å². The summed E-state index contributed by atoms with van der Waals surface area (Å²) in [5.41, 5.74) is 4.15. The lowest BCUT2D eigenvalue weighted by atomic mass is 9.49. The summed E-state index contributed by atoms with van der Waals surface area (Å²) >= 11 is 6.31. The molecule has 3 aromatic carbocycles. The predicted molar refractivity (Wildman–Crippen MR) is 232 cm³/mol. The van der Waals surface area contributed by atoms with E-state index in [0.29, 0.717) is 46.1 Å². The van der Waals surface area contributed by atoms with Gasteiger partial charge in [-0.3, -0.25) is 34.2 Å². The van der Waals surface area contributed by atoms with Gasteiger partial charge in [0.05, 0.1) is 22.7 Å². The normalized spacial score (nSPS) is 26.2. The molecule has 1 spiro atoms. The number of nitrogens with one attached hydrogen (secondary N) is 1. The number of hydrogen-bond donors (Lipinski definition) is 1. The second-order valence-corrected chi connectivity index (χ2v) is 20.2. The first-order valence-corrected chi connectivity index (χ1v) is 22.1. The molecular weight excluding hydrogens is 804 g/mol. The first kappa shape index (κ1) is 40.4. The van der Waals surface area contributed by atoms with Gasteiger partial charge < -0.3 is 19.4 Å². The molecule has 10 rings (SSSR count). The van der Waals surface area contributed by atoms with Crippen molar-refractivity contribution in [2.75, 3.05) is 31.1 Å². The summed E-state index contributed by atoms with van der Waals surface area (Å²) in [4.78, 5) is 76.0. The Morgan fingerprint density at radius 3 is 2.26 bits per heavy atom. The number of hydrogen-bond acceptors (Lipinski definition) is 8. The highest BCUT2D eigenvalue weighted by molar-refractivity contribution is 6.33. The van der Waals surface area contributed by atoms with Crippen LogP contribution in [-0.4, -0.2) is 94.6 Å². The SMILES string of the molecule is [C-]#[N+]c1ccc(OC2C(C)(C)C(N3Cc4ccc(C#CC5CCN(C6CC7(C6)CN(c6ccc8c(c6)C(=O)N(C6CCC(=O)NC6=O)C8=O)C7)CC5)cc4C3=O)C2(C)C)cc1Cl. The fourth-order valence-electron chi connectivity index (χ4n) is 12.3. The summed E-state index contributed by atoms with van der Waals surface area (Å²) in [5, 5.41) is 2.62. The number of fused-ring (bicyclic) bond motifs is 2. The third-order valence-corrected chi connectivity index (χ3v) is 15.3. The quantitative estimate of drug-likeness (QED) is 0.162. The summed E-state index contributed by atoms with van der Waals surface area (Å²) in [6, 6.07) is 16.2. The van der Waals surface area contributed by atoms with E-state index in [2.05, 4.69) is 65.6 Å². The van der Waals surface area contributed by atoms with E-state index in [0.717, 1.165) is 79.1 Å². The summed E-state index contributed by atoms with van der Waals surface area (Å²) in [6.07, 6.45) is 4.38. The van der Waals surface area contributed by atoms with Crippen LogP contribution in [0.15, 0.2) is 54.6 Å². The van der Waals surface area contributed by atoms with Crippen molar-refractivity contribution in [1.29, 1.82) is 0 Å². The molecule has 5 fully saturated rings. The number of piperidine rings is 2. The van der Waals surface area contributed by atoms with Crippen LogP contribution in [0.4, 0.5) is 11.4 Å². The summed E-state index contributed by atoms with van der Waals surface area (Å²) in [5.74, 6) is 5.97. The Morgan fingerprint density at radius 1 is 0.839 bits per heavy atom. The largest absolute Gasteiger partial charge is 0.489 e. The van der Waals surface area contributed by atoms with Crippen LogP contribution in [0.2, 0.25) is 5.02 Å². The van der Waals surface area contributed by atoms with Gasteiger partial charge in [0.25, 0.3) is 17.7 Å². The Balaban J connectivity index is 0.704. The highest BCUT2D eigenvalue weighted by Gasteiger charge is 2.67.